The van der Waals surface area contributed by atoms with Crippen molar-refractivity contribution < 1.29 is 34.8 Å². The predicted molar refractivity (Wildman–Crippen MR) is 71.7 cm³/mol. The largest absolute Gasteiger partial charge is 0.417 e. The first-order chi connectivity index (χ1) is 10.2. The van der Waals surface area contributed by atoms with Gasteiger partial charge in [0.15, 0.2) is 0 Å². The maximum absolute atomic E-state index is 12.8. The van der Waals surface area contributed by atoms with Crippen LogP contribution in [-0.2, 0) is 22.4 Å². The number of hydrogen-bond acceptors (Lipinski definition) is 2. The third kappa shape index (κ3) is 5.27. The Kier molecular flexibility index (Phi) is 5.14. The van der Waals surface area contributed by atoms with Gasteiger partial charge in [-0.1, -0.05) is 6.07 Å². The molecule has 0 radical (unpaired) electrons. The second-order valence-corrected chi connectivity index (χ2v) is 5.80. The van der Waals surface area contributed by atoms with E-state index in [4.69, 9.17) is 5.73 Å². The number of benzene rings is 1. The fourth-order valence-corrected chi connectivity index (χ4v) is 2.39. The Balaban J connectivity index is 3.59. The molecule has 4 nitrogen and oxygen atoms in total. The summed E-state index contributed by atoms with van der Waals surface area (Å²) in [4.78, 5) is 0. The van der Waals surface area contributed by atoms with Gasteiger partial charge in [-0.2, -0.15) is 34.8 Å². The van der Waals surface area contributed by atoms with Crippen molar-refractivity contribution in [2.24, 2.45) is 10.1 Å². The molecule has 11 heteroatoms. The van der Waals surface area contributed by atoms with Crippen molar-refractivity contribution in [1.29, 1.82) is 0 Å². The predicted octanol–water partition coefficient (Wildman–Crippen LogP) is 3.40. The molecule has 0 aromatic heterocycles. The average molecular weight is 360 g/mol. The van der Waals surface area contributed by atoms with Crippen LogP contribution < -0.4 is 5.73 Å². The Morgan fingerprint density at radius 3 is 1.87 bits per heavy atom. The Morgan fingerprint density at radius 2 is 1.52 bits per heavy atom. The van der Waals surface area contributed by atoms with Crippen molar-refractivity contribution in [3.63, 3.8) is 0 Å². The Labute approximate surface area is 127 Å². The summed E-state index contributed by atoms with van der Waals surface area (Å²) in [6.45, 7) is 1.09. The highest BCUT2D eigenvalue weighted by Crippen LogP contribution is 2.40. The van der Waals surface area contributed by atoms with E-state index in [9.17, 15) is 34.8 Å². The van der Waals surface area contributed by atoms with Gasteiger partial charge in [0.1, 0.15) is 5.84 Å². The zero-order valence-corrected chi connectivity index (χ0v) is 12.2. The molecular weight excluding hydrogens is 350 g/mol. The topological polar surface area (TPSA) is 72.5 Å². The van der Waals surface area contributed by atoms with Crippen molar-refractivity contribution >= 4 is 21.9 Å². The van der Waals surface area contributed by atoms with Crippen molar-refractivity contribution in [1.82, 2.24) is 0 Å². The molecule has 0 spiro atoms. The smallest absolute Gasteiger partial charge is 0.387 e. The summed E-state index contributed by atoms with van der Waals surface area (Å²) in [5.41, 5.74) is 0.468. The van der Waals surface area contributed by atoms with Gasteiger partial charge in [0.05, 0.1) is 16.5 Å². The summed E-state index contributed by atoms with van der Waals surface area (Å²) in [5, 5.41) is 0.128. The van der Waals surface area contributed by atoms with Crippen LogP contribution in [0, 0.1) is 0 Å². The summed E-state index contributed by atoms with van der Waals surface area (Å²) >= 11 is 0. The van der Waals surface area contributed by atoms with E-state index in [0.29, 0.717) is 18.2 Å². The number of amidine groups is 1. The van der Waals surface area contributed by atoms with Crippen LogP contribution in [-0.4, -0.2) is 14.3 Å². The van der Waals surface area contributed by atoms with Crippen molar-refractivity contribution in [3.8, 4) is 0 Å². The third-order valence-electron chi connectivity index (χ3n) is 2.39. The third-order valence-corrected chi connectivity index (χ3v) is 3.42. The Bertz CT molecular complexity index is 712. The highest BCUT2D eigenvalue weighted by Gasteiger charge is 2.39. The first-order valence-electron chi connectivity index (χ1n) is 5.76. The molecular formula is C12H10F6N2O2S. The standard InChI is InChI=1S/C12H10F6N2O2S/c1-7(19)20-23(21,22)6-5-8-9(11(13,14)15)3-2-4-10(8)12(16,17)18/h2-6H,1H3,(H2,19,20). The number of rotatable bonds is 3. The maximum Gasteiger partial charge on any atom is 0.417 e. The summed E-state index contributed by atoms with van der Waals surface area (Å²) in [5.74, 6) is -0.421. The lowest BCUT2D eigenvalue weighted by molar-refractivity contribution is -0.143. The molecule has 0 aliphatic rings. The minimum atomic E-state index is -5.10. The van der Waals surface area contributed by atoms with E-state index in [1.54, 1.807) is 0 Å². The van der Waals surface area contributed by atoms with E-state index in [1.165, 1.54) is 0 Å². The molecule has 128 valence electrons. The molecule has 0 aliphatic heterocycles. The number of nitrogens with zero attached hydrogens (tertiary/aromatic N) is 1. The molecule has 0 unspecified atom stereocenters. The van der Waals surface area contributed by atoms with E-state index in [0.717, 1.165) is 6.92 Å². The van der Waals surface area contributed by atoms with E-state index >= 15 is 0 Å². The van der Waals surface area contributed by atoms with E-state index in [1.807, 2.05) is 0 Å². The van der Waals surface area contributed by atoms with Gasteiger partial charge in [0, 0.05) is 0 Å². The van der Waals surface area contributed by atoms with Crippen LogP contribution in [0.3, 0.4) is 0 Å². The fraction of sp³-hybridized carbons (Fsp3) is 0.250. The number of nitrogens with two attached hydrogens (primary N) is 1. The Hall–Kier alpha value is -2.04. The van der Waals surface area contributed by atoms with Crippen LogP contribution in [0.1, 0.15) is 23.6 Å². The lowest BCUT2D eigenvalue weighted by Crippen LogP contribution is -2.14. The Morgan fingerprint density at radius 1 is 1.09 bits per heavy atom. The molecule has 1 aromatic rings. The number of hydrogen-bond donors (Lipinski definition) is 1. The summed E-state index contributed by atoms with van der Waals surface area (Å²) in [6, 6.07) is 1.41. The molecule has 1 aromatic carbocycles. The number of alkyl halides is 6. The van der Waals surface area contributed by atoms with Crippen LogP contribution in [0.25, 0.3) is 6.08 Å². The second kappa shape index (κ2) is 6.22. The van der Waals surface area contributed by atoms with Gasteiger partial charge in [-0.15, -0.1) is 4.40 Å². The molecule has 0 fully saturated rings. The summed E-state index contributed by atoms with van der Waals surface area (Å²) in [7, 11) is -4.46. The minimum absolute atomic E-state index is 0.128. The quantitative estimate of drug-likeness (QED) is 0.510. The maximum atomic E-state index is 12.8. The van der Waals surface area contributed by atoms with Gasteiger partial charge in [-0.05, 0) is 30.7 Å². The van der Waals surface area contributed by atoms with Crippen molar-refractivity contribution in [3.05, 3.63) is 40.3 Å². The first-order valence-corrected chi connectivity index (χ1v) is 7.27. The van der Waals surface area contributed by atoms with Crippen molar-refractivity contribution in [2.45, 2.75) is 19.3 Å². The van der Waals surface area contributed by atoms with Gasteiger partial charge < -0.3 is 5.73 Å². The fourth-order valence-electron chi connectivity index (χ4n) is 1.62. The first kappa shape index (κ1) is 19.0. The van der Waals surface area contributed by atoms with E-state index in [-0.39, 0.29) is 11.5 Å². The van der Waals surface area contributed by atoms with Crippen LogP contribution in [0.5, 0.6) is 0 Å². The van der Waals surface area contributed by atoms with Gasteiger partial charge in [0.25, 0.3) is 10.0 Å². The van der Waals surface area contributed by atoms with Gasteiger partial charge in [-0.25, -0.2) is 0 Å². The monoisotopic (exact) mass is 360 g/mol. The summed E-state index contributed by atoms with van der Waals surface area (Å²) in [6.07, 6.45) is -10.00. The molecule has 0 saturated heterocycles. The molecule has 0 aliphatic carbocycles. The zero-order chi connectivity index (χ0) is 18.1. The summed E-state index contributed by atoms with van der Waals surface area (Å²) < 4.78 is 103. The second-order valence-electron chi connectivity index (χ2n) is 4.31. The van der Waals surface area contributed by atoms with Crippen LogP contribution >= 0.6 is 0 Å². The highest BCUT2D eigenvalue weighted by molar-refractivity contribution is 7.93. The van der Waals surface area contributed by atoms with E-state index in [2.05, 4.69) is 4.40 Å². The highest BCUT2D eigenvalue weighted by atomic mass is 32.2. The lowest BCUT2D eigenvalue weighted by Gasteiger charge is -2.16. The molecule has 1 rings (SSSR count). The molecule has 0 bridgehead atoms. The normalized spacial score (nSPS) is 14.5. The van der Waals surface area contributed by atoms with Gasteiger partial charge in [-0.3, -0.25) is 0 Å². The van der Waals surface area contributed by atoms with Crippen molar-refractivity contribution in [2.75, 3.05) is 0 Å². The molecule has 23 heavy (non-hydrogen) atoms. The molecule has 0 amide bonds. The van der Waals surface area contributed by atoms with Crippen LogP contribution in [0.15, 0.2) is 28.0 Å². The number of sulfonamides is 1. The molecule has 0 atom stereocenters. The SMILES string of the molecule is CC(N)=NS(=O)(=O)C=Cc1c(C(F)(F)F)cccc1C(F)(F)F. The minimum Gasteiger partial charge on any atom is -0.387 e. The lowest BCUT2D eigenvalue weighted by atomic mass is 10.00. The van der Waals surface area contributed by atoms with Crippen LogP contribution in [0.2, 0.25) is 0 Å². The van der Waals surface area contributed by atoms with E-state index < -0.39 is 44.9 Å². The molecule has 2 N–H and O–H groups in total. The molecule has 0 heterocycles. The molecule has 0 saturated carbocycles. The van der Waals surface area contributed by atoms with Crippen LogP contribution in [0.4, 0.5) is 26.3 Å². The zero-order valence-electron chi connectivity index (χ0n) is 11.4. The number of halogens is 6. The average Bonchev–Trinajstić information content (AvgIpc) is 2.32. The van der Waals surface area contributed by atoms with Gasteiger partial charge >= 0.3 is 12.4 Å². The van der Waals surface area contributed by atoms with Gasteiger partial charge in [0.2, 0.25) is 0 Å².